The second-order valence-corrected chi connectivity index (χ2v) is 2.44. The predicted octanol–water partition coefficient (Wildman–Crippen LogP) is 0.931. The number of halogens is 2. The van der Waals surface area contributed by atoms with Crippen LogP contribution in [-0.4, -0.2) is 19.1 Å². The molecular formula is C6H16Cl2N2. The first-order valence-electron chi connectivity index (χ1n) is 3.36. The maximum Gasteiger partial charge on any atom is 0.00513 e. The standard InChI is InChI=1S/C6H14N2.2ClH/c7-6-2-1-4-8-5-3-6;;/h6,8H,1-5,7H2;2*1H/t6-;;/m1../s1. The zero-order chi connectivity index (χ0) is 5.82. The van der Waals surface area contributed by atoms with Gasteiger partial charge in [0.15, 0.2) is 0 Å². The summed E-state index contributed by atoms with van der Waals surface area (Å²) < 4.78 is 0. The average Bonchev–Trinajstić information content (AvgIpc) is 1.94. The molecule has 0 spiro atoms. The molecule has 64 valence electrons. The molecule has 4 heteroatoms. The van der Waals surface area contributed by atoms with Crippen LogP contribution in [0.5, 0.6) is 0 Å². The van der Waals surface area contributed by atoms with Crippen LogP contribution in [0.15, 0.2) is 0 Å². The number of nitrogens with one attached hydrogen (secondary N) is 1. The van der Waals surface area contributed by atoms with Gasteiger partial charge in [0, 0.05) is 6.04 Å². The Kier molecular flexibility index (Phi) is 9.97. The minimum absolute atomic E-state index is 0. The lowest BCUT2D eigenvalue weighted by atomic mass is 10.1. The maximum atomic E-state index is 5.69. The van der Waals surface area contributed by atoms with E-state index in [0.717, 1.165) is 19.5 Å². The van der Waals surface area contributed by atoms with E-state index in [2.05, 4.69) is 5.32 Å². The molecule has 0 amide bonds. The molecule has 0 unspecified atom stereocenters. The lowest BCUT2D eigenvalue weighted by Crippen LogP contribution is -2.21. The summed E-state index contributed by atoms with van der Waals surface area (Å²) in [5.41, 5.74) is 5.69. The lowest BCUT2D eigenvalue weighted by Gasteiger charge is -2.02. The van der Waals surface area contributed by atoms with Gasteiger partial charge in [-0.3, -0.25) is 0 Å². The summed E-state index contributed by atoms with van der Waals surface area (Å²) in [4.78, 5) is 0. The van der Waals surface area contributed by atoms with E-state index in [1.807, 2.05) is 0 Å². The Hall–Kier alpha value is 0.500. The van der Waals surface area contributed by atoms with E-state index in [0.29, 0.717) is 6.04 Å². The largest absolute Gasteiger partial charge is 0.328 e. The van der Waals surface area contributed by atoms with Crippen molar-refractivity contribution in [1.82, 2.24) is 5.32 Å². The summed E-state index contributed by atoms with van der Waals surface area (Å²) in [7, 11) is 0. The van der Waals surface area contributed by atoms with E-state index in [4.69, 9.17) is 5.73 Å². The Morgan fingerprint density at radius 2 is 1.80 bits per heavy atom. The number of rotatable bonds is 0. The summed E-state index contributed by atoms with van der Waals surface area (Å²) in [6.45, 7) is 2.27. The van der Waals surface area contributed by atoms with Gasteiger partial charge in [0.05, 0.1) is 0 Å². The highest BCUT2D eigenvalue weighted by Crippen LogP contribution is 2.00. The molecule has 1 fully saturated rings. The van der Waals surface area contributed by atoms with Gasteiger partial charge in [-0.15, -0.1) is 24.8 Å². The van der Waals surface area contributed by atoms with Crippen molar-refractivity contribution >= 4 is 24.8 Å². The molecule has 1 rings (SSSR count). The highest BCUT2D eigenvalue weighted by Gasteiger charge is 2.04. The molecule has 3 N–H and O–H groups in total. The van der Waals surface area contributed by atoms with Crippen LogP contribution >= 0.6 is 24.8 Å². The van der Waals surface area contributed by atoms with Crippen molar-refractivity contribution in [2.24, 2.45) is 5.73 Å². The van der Waals surface area contributed by atoms with Gasteiger partial charge in [-0.1, -0.05) is 0 Å². The topological polar surface area (TPSA) is 38.0 Å². The van der Waals surface area contributed by atoms with Crippen molar-refractivity contribution in [3.63, 3.8) is 0 Å². The van der Waals surface area contributed by atoms with Crippen LogP contribution in [0.4, 0.5) is 0 Å². The molecule has 0 aromatic carbocycles. The molecule has 1 aliphatic rings. The molecule has 1 aliphatic heterocycles. The SMILES string of the molecule is Cl.Cl.N[C@@H]1CCCNCC1. The fraction of sp³-hybridized carbons (Fsp3) is 1.00. The average molecular weight is 187 g/mol. The third-order valence-corrected chi connectivity index (χ3v) is 1.62. The highest BCUT2D eigenvalue weighted by molar-refractivity contribution is 5.85. The third-order valence-electron chi connectivity index (χ3n) is 1.62. The van der Waals surface area contributed by atoms with Crippen LogP contribution in [0.25, 0.3) is 0 Å². The first-order valence-corrected chi connectivity index (χ1v) is 3.36. The van der Waals surface area contributed by atoms with Gasteiger partial charge < -0.3 is 11.1 Å². The van der Waals surface area contributed by atoms with Crippen molar-refractivity contribution in [3.8, 4) is 0 Å². The minimum atomic E-state index is 0. The minimum Gasteiger partial charge on any atom is -0.328 e. The van der Waals surface area contributed by atoms with E-state index in [1.54, 1.807) is 0 Å². The van der Waals surface area contributed by atoms with Gasteiger partial charge in [0.25, 0.3) is 0 Å². The Balaban J connectivity index is 0. The van der Waals surface area contributed by atoms with E-state index in [9.17, 15) is 0 Å². The summed E-state index contributed by atoms with van der Waals surface area (Å²) in [5, 5.41) is 3.30. The second-order valence-electron chi connectivity index (χ2n) is 2.44. The van der Waals surface area contributed by atoms with Crippen LogP contribution in [-0.2, 0) is 0 Å². The van der Waals surface area contributed by atoms with Crippen molar-refractivity contribution < 1.29 is 0 Å². The highest BCUT2D eigenvalue weighted by atomic mass is 35.5. The fourth-order valence-corrected chi connectivity index (χ4v) is 1.05. The number of hydrogen-bond acceptors (Lipinski definition) is 2. The molecule has 0 saturated carbocycles. The molecule has 0 bridgehead atoms. The van der Waals surface area contributed by atoms with Gasteiger partial charge in [-0.05, 0) is 32.4 Å². The van der Waals surface area contributed by atoms with Gasteiger partial charge in [-0.2, -0.15) is 0 Å². The third kappa shape index (κ3) is 5.30. The first kappa shape index (κ1) is 13.1. The van der Waals surface area contributed by atoms with Crippen molar-refractivity contribution in [2.75, 3.05) is 13.1 Å². The van der Waals surface area contributed by atoms with E-state index >= 15 is 0 Å². The fourth-order valence-electron chi connectivity index (χ4n) is 1.05. The maximum absolute atomic E-state index is 5.69. The normalized spacial score (nSPS) is 25.5. The number of nitrogens with two attached hydrogens (primary N) is 1. The zero-order valence-electron chi connectivity index (χ0n) is 6.01. The Labute approximate surface area is 74.8 Å². The molecule has 2 nitrogen and oxygen atoms in total. The second kappa shape index (κ2) is 7.61. The van der Waals surface area contributed by atoms with Crippen LogP contribution in [0, 0.1) is 0 Å². The van der Waals surface area contributed by atoms with Crippen LogP contribution < -0.4 is 11.1 Å². The molecular weight excluding hydrogens is 171 g/mol. The van der Waals surface area contributed by atoms with Crippen LogP contribution in [0.1, 0.15) is 19.3 Å². The molecule has 0 aromatic rings. The Morgan fingerprint density at radius 1 is 1.10 bits per heavy atom. The van der Waals surface area contributed by atoms with E-state index < -0.39 is 0 Å². The zero-order valence-corrected chi connectivity index (χ0v) is 7.64. The lowest BCUT2D eigenvalue weighted by molar-refractivity contribution is 0.599. The smallest absolute Gasteiger partial charge is 0.00513 e. The van der Waals surface area contributed by atoms with Crippen molar-refractivity contribution in [3.05, 3.63) is 0 Å². The quantitative estimate of drug-likeness (QED) is 0.592. The molecule has 0 aliphatic carbocycles. The molecule has 10 heavy (non-hydrogen) atoms. The monoisotopic (exact) mass is 186 g/mol. The summed E-state index contributed by atoms with van der Waals surface area (Å²) in [6, 6.07) is 0.463. The van der Waals surface area contributed by atoms with Crippen LogP contribution in [0.2, 0.25) is 0 Å². The summed E-state index contributed by atoms with van der Waals surface area (Å²) >= 11 is 0. The van der Waals surface area contributed by atoms with E-state index in [1.165, 1.54) is 12.8 Å². The van der Waals surface area contributed by atoms with Crippen molar-refractivity contribution in [2.45, 2.75) is 25.3 Å². The van der Waals surface area contributed by atoms with Gasteiger partial charge in [0.2, 0.25) is 0 Å². The van der Waals surface area contributed by atoms with Gasteiger partial charge >= 0.3 is 0 Å². The van der Waals surface area contributed by atoms with E-state index in [-0.39, 0.29) is 24.8 Å². The Morgan fingerprint density at radius 3 is 2.50 bits per heavy atom. The summed E-state index contributed by atoms with van der Waals surface area (Å²) in [5.74, 6) is 0. The van der Waals surface area contributed by atoms with Gasteiger partial charge in [0.1, 0.15) is 0 Å². The molecule has 1 heterocycles. The Bertz CT molecular complexity index is 62.8. The summed E-state index contributed by atoms with van der Waals surface area (Å²) in [6.07, 6.45) is 3.61. The van der Waals surface area contributed by atoms with Gasteiger partial charge in [-0.25, -0.2) is 0 Å². The molecule has 1 atom stereocenters. The van der Waals surface area contributed by atoms with Crippen LogP contribution in [0.3, 0.4) is 0 Å². The molecule has 0 aromatic heterocycles. The molecule has 0 radical (unpaired) electrons. The predicted molar refractivity (Wildman–Crippen MR) is 49.2 cm³/mol. The number of hydrogen-bond donors (Lipinski definition) is 2. The molecule has 1 saturated heterocycles. The van der Waals surface area contributed by atoms with Crippen molar-refractivity contribution in [1.29, 1.82) is 0 Å². The first-order chi connectivity index (χ1) is 3.89.